The van der Waals surface area contributed by atoms with Crippen LogP contribution in [-0.2, 0) is 9.31 Å². The van der Waals surface area contributed by atoms with E-state index in [-0.39, 0.29) is 11.9 Å². The SMILES string of the molecule is CC1(C)OB(c2cnccc2C(=O)NC2CCCC2)OC1(C)C. The van der Waals surface area contributed by atoms with Crippen molar-refractivity contribution in [2.75, 3.05) is 0 Å². The molecule has 0 unspecified atom stereocenters. The van der Waals surface area contributed by atoms with Crippen LogP contribution in [0.2, 0.25) is 0 Å². The maximum absolute atomic E-state index is 12.7. The van der Waals surface area contributed by atoms with Gasteiger partial charge in [0.1, 0.15) is 0 Å². The molecule has 0 atom stereocenters. The molecule has 0 bridgehead atoms. The molecule has 2 fully saturated rings. The normalized spacial score (nSPS) is 23.2. The zero-order valence-corrected chi connectivity index (χ0v) is 14.4. The summed E-state index contributed by atoms with van der Waals surface area (Å²) in [5.74, 6) is -0.0657. The molecule has 1 N–H and O–H groups in total. The molecule has 6 heteroatoms. The lowest BCUT2D eigenvalue weighted by Crippen LogP contribution is -2.42. The van der Waals surface area contributed by atoms with Gasteiger partial charge in [-0.25, -0.2) is 0 Å². The number of hydrogen-bond acceptors (Lipinski definition) is 4. The van der Waals surface area contributed by atoms with Gasteiger partial charge >= 0.3 is 7.12 Å². The van der Waals surface area contributed by atoms with Crippen LogP contribution in [0.5, 0.6) is 0 Å². The van der Waals surface area contributed by atoms with E-state index in [4.69, 9.17) is 9.31 Å². The van der Waals surface area contributed by atoms with Crippen LogP contribution in [0.3, 0.4) is 0 Å². The van der Waals surface area contributed by atoms with E-state index in [0.29, 0.717) is 11.0 Å². The molecular formula is C17H25BN2O3. The first-order chi connectivity index (χ1) is 10.8. The number of hydrogen-bond donors (Lipinski definition) is 1. The van der Waals surface area contributed by atoms with Crippen LogP contribution in [0.15, 0.2) is 18.5 Å². The van der Waals surface area contributed by atoms with Crippen molar-refractivity contribution >= 4 is 18.5 Å². The van der Waals surface area contributed by atoms with Crippen LogP contribution in [0.1, 0.15) is 63.7 Å². The van der Waals surface area contributed by atoms with E-state index < -0.39 is 18.3 Å². The lowest BCUT2D eigenvalue weighted by Gasteiger charge is -2.32. The van der Waals surface area contributed by atoms with Crippen LogP contribution in [-0.4, -0.2) is 35.3 Å². The summed E-state index contributed by atoms with van der Waals surface area (Å²) in [6.45, 7) is 8.01. The highest BCUT2D eigenvalue weighted by Crippen LogP contribution is 2.36. The molecule has 0 spiro atoms. The molecule has 1 aromatic heterocycles. The van der Waals surface area contributed by atoms with Crippen LogP contribution < -0.4 is 10.8 Å². The van der Waals surface area contributed by atoms with Gasteiger partial charge in [0, 0.05) is 29.5 Å². The largest absolute Gasteiger partial charge is 0.497 e. The standard InChI is InChI=1S/C17H25BN2O3/c1-16(2)17(3,4)23-18(22-16)14-11-19-10-9-13(14)15(21)20-12-7-5-6-8-12/h9-12H,5-8H2,1-4H3,(H,20,21). The zero-order valence-electron chi connectivity index (χ0n) is 14.4. The molecule has 1 saturated heterocycles. The van der Waals surface area contributed by atoms with Crippen molar-refractivity contribution in [1.82, 2.24) is 10.3 Å². The summed E-state index contributed by atoms with van der Waals surface area (Å²) in [5.41, 5.74) is 0.409. The summed E-state index contributed by atoms with van der Waals surface area (Å²) in [7, 11) is -0.571. The first-order valence-electron chi connectivity index (χ1n) is 8.40. The van der Waals surface area contributed by atoms with Gasteiger partial charge in [0.05, 0.1) is 11.2 Å². The van der Waals surface area contributed by atoms with E-state index >= 15 is 0 Å². The average Bonchev–Trinajstić information content (AvgIpc) is 3.05. The Morgan fingerprint density at radius 3 is 2.43 bits per heavy atom. The third kappa shape index (κ3) is 3.15. The molecular weight excluding hydrogens is 291 g/mol. The number of carbonyl (C=O) groups excluding carboxylic acids is 1. The average molecular weight is 316 g/mol. The number of nitrogens with zero attached hydrogens (tertiary/aromatic N) is 1. The summed E-state index contributed by atoms with van der Waals surface area (Å²) in [4.78, 5) is 16.8. The molecule has 1 saturated carbocycles. The Hall–Kier alpha value is -1.40. The Morgan fingerprint density at radius 2 is 1.83 bits per heavy atom. The van der Waals surface area contributed by atoms with Crippen LogP contribution in [0.4, 0.5) is 0 Å². The molecule has 1 aliphatic carbocycles. The fourth-order valence-electron chi connectivity index (χ4n) is 3.10. The fourth-order valence-corrected chi connectivity index (χ4v) is 3.10. The second-order valence-electron chi connectivity index (χ2n) is 7.51. The summed E-state index contributed by atoms with van der Waals surface area (Å²) >= 11 is 0. The minimum absolute atomic E-state index is 0.0657. The maximum atomic E-state index is 12.7. The summed E-state index contributed by atoms with van der Waals surface area (Å²) in [6.07, 6.45) is 7.80. The monoisotopic (exact) mass is 316 g/mol. The number of carbonyl (C=O) groups is 1. The quantitative estimate of drug-likeness (QED) is 0.867. The zero-order chi connectivity index (χ0) is 16.7. The van der Waals surface area contributed by atoms with Crippen LogP contribution in [0, 0.1) is 0 Å². The van der Waals surface area contributed by atoms with Crippen LogP contribution >= 0.6 is 0 Å². The van der Waals surface area contributed by atoms with Crippen molar-refractivity contribution in [1.29, 1.82) is 0 Å². The molecule has 1 aromatic rings. The molecule has 3 rings (SSSR count). The van der Waals surface area contributed by atoms with Crippen molar-refractivity contribution in [2.24, 2.45) is 0 Å². The number of rotatable bonds is 3. The van der Waals surface area contributed by atoms with Crippen molar-refractivity contribution < 1.29 is 14.1 Å². The minimum Gasteiger partial charge on any atom is -0.399 e. The molecule has 5 nitrogen and oxygen atoms in total. The Morgan fingerprint density at radius 1 is 1.22 bits per heavy atom. The fraction of sp³-hybridized carbons (Fsp3) is 0.647. The van der Waals surface area contributed by atoms with E-state index in [2.05, 4.69) is 10.3 Å². The van der Waals surface area contributed by atoms with Gasteiger partial charge in [-0.1, -0.05) is 12.8 Å². The van der Waals surface area contributed by atoms with Gasteiger partial charge in [-0.05, 0) is 46.6 Å². The number of pyridine rings is 1. The molecule has 2 aliphatic rings. The lowest BCUT2D eigenvalue weighted by atomic mass is 9.77. The minimum atomic E-state index is -0.571. The Labute approximate surface area is 138 Å². The first-order valence-corrected chi connectivity index (χ1v) is 8.40. The van der Waals surface area contributed by atoms with Gasteiger partial charge in [-0.3, -0.25) is 9.78 Å². The smallest absolute Gasteiger partial charge is 0.399 e. The Bertz CT molecular complexity index is 581. The highest BCUT2D eigenvalue weighted by atomic mass is 16.7. The molecule has 2 heterocycles. The highest BCUT2D eigenvalue weighted by molar-refractivity contribution is 6.63. The van der Waals surface area contributed by atoms with Gasteiger partial charge < -0.3 is 14.6 Å². The third-order valence-corrected chi connectivity index (χ3v) is 5.29. The molecule has 0 radical (unpaired) electrons. The maximum Gasteiger partial charge on any atom is 0.497 e. The Kier molecular flexibility index (Phi) is 4.23. The van der Waals surface area contributed by atoms with Gasteiger partial charge in [0.2, 0.25) is 0 Å². The number of amides is 1. The molecule has 124 valence electrons. The van der Waals surface area contributed by atoms with Gasteiger partial charge in [-0.15, -0.1) is 0 Å². The van der Waals surface area contributed by atoms with Crippen molar-refractivity contribution in [3.63, 3.8) is 0 Å². The van der Waals surface area contributed by atoms with Crippen molar-refractivity contribution in [3.8, 4) is 0 Å². The van der Waals surface area contributed by atoms with Gasteiger partial charge in [0.15, 0.2) is 0 Å². The van der Waals surface area contributed by atoms with E-state index in [9.17, 15) is 4.79 Å². The predicted octanol–water partition coefficient (Wildman–Crippen LogP) is 2.05. The van der Waals surface area contributed by atoms with Gasteiger partial charge in [-0.2, -0.15) is 0 Å². The number of nitrogens with one attached hydrogen (secondary N) is 1. The van der Waals surface area contributed by atoms with Crippen molar-refractivity contribution in [2.45, 2.75) is 70.6 Å². The summed E-state index contributed by atoms with van der Waals surface area (Å²) < 4.78 is 12.1. The summed E-state index contributed by atoms with van der Waals surface area (Å²) in [6, 6.07) is 2.02. The summed E-state index contributed by atoms with van der Waals surface area (Å²) in [5, 5.41) is 3.12. The first kappa shape index (κ1) is 16.5. The third-order valence-electron chi connectivity index (χ3n) is 5.29. The van der Waals surface area contributed by atoms with Crippen molar-refractivity contribution in [3.05, 3.63) is 24.0 Å². The van der Waals surface area contributed by atoms with Gasteiger partial charge in [0.25, 0.3) is 5.91 Å². The second kappa shape index (κ2) is 5.91. The van der Waals surface area contributed by atoms with E-state index in [1.807, 2.05) is 27.7 Å². The lowest BCUT2D eigenvalue weighted by molar-refractivity contribution is 0.00578. The van der Waals surface area contributed by atoms with Crippen LogP contribution in [0.25, 0.3) is 0 Å². The molecule has 23 heavy (non-hydrogen) atoms. The van der Waals surface area contributed by atoms with E-state index in [1.54, 1.807) is 18.5 Å². The van der Waals surface area contributed by atoms with E-state index in [0.717, 1.165) is 12.8 Å². The highest BCUT2D eigenvalue weighted by Gasteiger charge is 2.52. The Balaban J connectivity index is 1.82. The molecule has 1 aliphatic heterocycles. The predicted molar refractivity (Wildman–Crippen MR) is 89.7 cm³/mol. The second-order valence-corrected chi connectivity index (χ2v) is 7.51. The molecule has 0 aromatic carbocycles. The molecule has 1 amide bonds. The van der Waals surface area contributed by atoms with E-state index in [1.165, 1.54) is 12.8 Å². The number of aromatic nitrogens is 1. The topological polar surface area (TPSA) is 60.5 Å².